The number of hydrogen-bond donors (Lipinski definition) is 1. The van der Waals surface area contributed by atoms with Crippen LogP contribution in [0.25, 0.3) is 0 Å². The van der Waals surface area contributed by atoms with E-state index in [0.717, 1.165) is 31.8 Å². The summed E-state index contributed by atoms with van der Waals surface area (Å²) in [6.07, 6.45) is 3.75. The van der Waals surface area contributed by atoms with Crippen LogP contribution in [0, 0.1) is 5.92 Å². The first-order valence-corrected chi connectivity index (χ1v) is 5.93. The minimum absolute atomic E-state index is 0.256. The molecule has 0 spiro atoms. The number of aryl methyl sites for hydroxylation is 1. The summed E-state index contributed by atoms with van der Waals surface area (Å²) >= 11 is 0. The first-order chi connectivity index (χ1) is 7.81. The molecule has 0 aliphatic carbocycles. The fraction of sp³-hybridized carbons (Fsp3) is 0.818. The number of ether oxygens (including phenoxy) is 1. The Labute approximate surface area is 95.4 Å². The molecule has 1 N–H and O–H groups in total. The molecule has 1 aliphatic rings. The van der Waals surface area contributed by atoms with Crippen molar-refractivity contribution < 1.29 is 9.84 Å². The minimum atomic E-state index is -0.359. The fourth-order valence-corrected chi connectivity index (χ4v) is 2.05. The molecule has 90 valence electrons. The van der Waals surface area contributed by atoms with E-state index >= 15 is 0 Å². The van der Waals surface area contributed by atoms with Crippen molar-refractivity contribution in [2.24, 2.45) is 5.92 Å². The van der Waals surface area contributed by atoms with Gasteiger partial charge in [0.2, 0.25) is 0 Å². The molecule has 1 fully saturated rings. The van der Waals surface area contributed by atoms with Crippen LogP contribution >= 0.6 is 0 Å². The van der Waals surface area contributed by atoms with E-state index in [1.54, 1.807) is 6.33 Å². The second kappa shape index (κ2) is 5.41. The van der Waals surface area contributed by atoms with Gasteiger partial charge in [-0.3, -0.25) is 4.68 Å². The Balaban J connectivity index is 1.94. The lowest BCUT2D eigenvalue weighted by atomic mass is 9.99. The lowest BCUT2D eigenvalue weighted by molar-refractivity contribution is 0.0893. The van der Waals surface area contributed by atoms with Crippen molar-refractivity contribution in [3.05, 3.63) is 12.2 Å². The van der Waals surface area contributed by atoms with E-state index in [4.69, 9.17) is 4.74 Å². The molecular weight excluding hydrogens is 206 g/mol. The smallest absolute Gasteiger partial charge is 0.138 e. The first-order valence-electron chi connectivity index (χ1n) is 5.93. The summed E-state index contributed by atoms with van der Waals surface area (Å²) in [5.74, 6) is 1.13. The molecule has 1 aliphatic heterocycles. The van der Waals surface area contributed by atoms with E-state index in [9.17, 15) is 5.11 Å². The van der Waals surface area contributed by atoms with E-state index in [1.165, 1.54) is 0 Å². The third-order valence-electron chi connectivity index (χ3n) is 3.03. The van der Waals surface area contributed by atoms with Gasteiger partial charge in [-0.25, -0.2) is 4.98 Å². The summed E-state index contributed by atoms with van der Waals surface area (Å²) in [5.41, 5.74) is 0. The van der Waals surface area contributed by atoms with Gasteiger partial charge in [-0.2, -0.15) is 5.10 Å². The molecule has 2 unspecified atom stereocenters. The summed E-state index contributed by atoms with van der Waals surface area (Å²) in [4.78, 5) is 4.20. The number of aliphatic hydroxyl groups excluding tert-OH is 1. The maximum atomic E-state index is 10.1. The summed E-state index contributed by atoms with van der Waals surface area (Å²) < 4.78 is 7.15. The highest BCUT2D eigenvalue weighted by molar-refractivity contribution is 4.90. The fourth-order valence-electron chi connectivity index (χ4n) is 2.05. The largest absolute Gasteiger partial charge is 0.392 e. The van der Waals surface area contributed by atoms with Crippen LogP contribution in [0.4, 0.5) is 0 Å². The molecule has 16 heavy (non-hydrogen) atoms. The number of hydrogen-bond acceptors (Lipinski definition) is 4. The molecule has 5 nitrogen and oxygen atoms in total. The van der Waals surface area contributed by atoms with Crippen LogP contribution in [-0.4, -0.2) is 39.2 Å². The minimum Gasteiger partial charge on any atom is -0.392 e. The second-order valence-corrected chi connectivity index (χ2v) is 4.29. The van der Waals surface area contributed by atoms with Crippen LogP contribution in [0.3, 0.4) is 0 Å². The van der Waals surface area contributed by atoms with Gasteiger partial charge in [0.15, 0.2) is 0 Å². The second-order valence-electron chi connectivity index (χ2n) is 4.29. The third kappa shape index (κ3) is 2.59. The van der Waals surface area contributed by atoms with Gasteiger partial charge >= 0.3 is 0 Å². The maximum absolute atomic E-state index is 10.1. The summed E-state index contributed by atoms with van der Waals surface area (Å²) in [6, 6.07) is 0. The van der Waals surface area contributed by atoms with Crippen LogP contribution in [-0.2, 0) is 17.7 Å². The number of aromatic nitrogens is 3. The van der Waals surface area contributed by atoms with Gasteiger partial charge in [0.05, 0.1) is 12.7 Å². The summed E-state index contributed by atoms with van der Waals surface area (Å²) in [5, 5.41) is 14.2. The number of rotatable bonds is 5. The molecule has 2 atom stereocenters. The zero-order valence-corrected chi connectivity index (χ0v) is 9.67. The van der Waals surface area contributed by atoms with Crippen molar-refractivity contribution in [2.75, 3.05) is 13.2 Å². The highest BCUT2D eigenvalue weighted by atomic mass is 16.5. The SMILES string of the molecule is CCCn1ncnc1CC(O)C1CCOC1. The van der Waals surface area contributed by atoms with E-state index in [1.807, 2.05) is 4.68 Å². The molecule has 1 aromatic heterocycles. The first kappa shape index (κ1) is 11.5. The van der Waals surface area contributed by atoms with Crippen molar-refractivity contribution in [3.8, 4) is 0 Å². The highest BCUT2D eigenvalue weighted by Gasteiger charge is 2.25. The predicted octanol–water partition coefficient (Wildman–Crippen LogP) is 0.628. The molecule has 2 rings (SSSR count). The summed E-state index contributed by atoms with van der Waals surface area (Å²) in [6.45, 7) is 4.41. The van der Waals surface area contributed by atoms with Gasteiger partial charge in [0, 0.05) is 25.5 Å². The molecule has 1 saturated heterocycles. The molecule has 0 radical (unpaired) electrons. The summed E-state index contributed by atoms with van der Waals surface area (Å²) in [7, 11) is 0. The Bertz CT molecular complexity index is 321. The highest BCUT2D eigenvalue weighted by Crippen LogP contribution is 2.19. The Morgan fingerprint density at radius 3 is 3.25 bits per heavy atom. The van der Waals surface area contributed by atoms with Gasteiger partial charge in [-0.1, -0.05) is 6.92 Å². The van der Waals surface area contributed by atoms with Gasteiger partial charge in [0.25, 0.3) is 0 Å². The standard InChI is InChI=1S/C11H19N3O2/c1-2-4-14-11(12-8-13-14)6-10(15)9-3-5-16-7-9/h8-10,15H,2-7H2,1H3. The van der Waals surface area contributed by atoms with Crippen molar-refractivity contribution in [1.82, 2.24) is 14.8 Å². The topological polar surface area (TPSA) is 60.2 Å². The van der Waals surface area contributed by atoms with Crippen LogP contribution in [0.1, 0.15) is 25.6 Å². The van der Waals surface area contributed by atoms with Gasteiger partial charge in [-0.05, 0) is 12.8 Å². The van der Waals surface area contributed by atoms with Crippen LogP contribution < -0.4 is 0 Å². The Morgan fingerprint density at radius 2 is 2.56 bits per heavy atom. The van der Waals surface area contributed by atoms with E-state index < -0.39 is 0 Å². The van der Waals surface area contributed by atoms with Crippen molar-refractivity contribution >= 4 is 0 Å². The third-order valence-corrected chi connectivity index (χ3v) is 3.03. The number of aliphatic hydroxyl groups is 1. The van der Waals surface area contributed by atoms with Gasteiger partial charge in [0.1, 0.15) is 12.2 Å². The number of nitrogens with zero attached hydrogens (tertiary/aromatic N) is 3. The van der Waals surface area contributed by atoms with Crippen molar-refractivity contribution in [1.29, 1.82) is 0 Å². The predicted molar refractivity (Wildman–Crippen MR) is 58.9 cm³/mol. The molecule has 0 amide bonds. The van der Waals surface area contributed by atoms with Gasteiger partial charge < -0.3 is 9.84 Å². The zero-order valence-electron chi connectivity index (χ0n) is 9.67. The Kier molecular flexibility index (Phi) is 3.90. The van der Waals surface area contributed by atoms with E-state index in [2.05, 4.69) is 17.0 Å². The quantitative estimate of drug-likeness (QED) is 0.798. The molecule has 0 saturated carbocycles. The normalized spacial score (nSPS) is 22.5. The average molecular weight is 225 g/mol. The lowest BCUT2D eigenvalue weighted by Gasteiger charge is -2.16. The van der Waals surface area contributed by atoms with Crippen LogP contribution in [0.5, 0.6) is 0 Å². The maximum Gasteiger partial charge on any atom is 0.138 e. The molecular formula is C11H19N3O2. The average Bonchev–Trinajstić information content (AvgIpc) is 2.90. The van der Waals surface area contributed by atoms with Crippen LogP contribution in [0.15, 0.2) is 6.33 Å². The Hall–Kier alpha value is -0.940. The molecule has 0 aromatic carbocycles. The zero-order chi connectivity index (χ0) is 11.4. The Morgan fingerprint density at radius 1 is 1.69 bits per heavy atom. The molecule has 0 bridgehead atoms. The van der Waals surface area contributed by atoms with E-state index in [0.29, 0.717) is 13.0 Å². The lowest BCUT2D eigenvalue weighted by Crippen LogP contribution is -2.25. The molecule has 5 heteroatoms. The molecule has 2 heterocycles. The monoisotopic (exact) mass is 225 g/mol. The van der Waals surface area contributed by atoms with Crippen LogP contribution in [0.2, 0.25) is 0 Å². The van der Waals surface area contributed by atoms with Gasteiger partial charge in [-0.15, -0.1) is 0 Å². The van der Waals surface area contributed by atoms with Crippen molar-refractivity contribution in [3.63, 3.8) is 0 Å². The van der Waals surface area contributed by atoms with Crippen molar-refractivity contribution in [2.45, 2.75) is 38.8 Å². The molecule has 1 aromatic rings. The van der Waals surface area contributed by atoms with E-state index in [-0.39, 0.29) is 12.0 Å².